The van der Waals surface area contributed by atoms with Crippen LogP contribution >= 0.6 is 0 Å². The van der Waals surface area contributed by atoms with E-state index in [2.05, 4.69) is 79.5 Å². The zero-order valence-electron chi connectivity index (χ0n) is 16.3. The molecule has 138 valence electrons. The van der Waals surface area contributed by atoms with Crippen molar-refractivity contribution in [3.05, 3.63) is 71.8 Å². The van der Waals surface area contributed by atoms with Crippen LogP contribution in [0.2, 0.25) is 0 Å². The predicted octanol–water partition coefficient (Wildman–Crippen LogP) is 6.39. The fourth-order valence-electron chi connectivity index (χ4n) is 4.16. The van der Waals surface area contributed by atoms with Gasteiger partial charge in [-0.25, -0.2) is 0 Å². The predicted molar refractivity (Wildman–Crippen MR) is 117 cm³/mol. The third-order valence-electron chi connectivity index (χ3n) is 5.54. The monoisotopic (exact) mass is 356 g/mol. The van der Waals surface area contributed by atoms with Crippen LogP contribution in [0, 0.1) is 0 Å². The number of aromatic nitrogens is 1. The quantitative estimate of drug-likeness (QED) is 0.386. The molecule has 2 nitrogen and oxygen atoms in total. The van der Waals surface area contributed by atoms with E-state index in [9.17, 15) is 0 Å². The first kappa shape index (κ1) is 17.8. The number of nitrogens with one attached hydrogen (secondary N) is 1. The zero-order valence-corrected chi connectivity index (χ0v) is 16.3. The number of hydrogen-bond donors (Lipinski definition) is 2. The van der Waals surface area contributed by atoms with Crippen molar-refractivity contribution in [3.8, 4) is 11.3 Å². The van der Waals surface area contributed by atoms with E-state index in [0.717, 1.165) is 25.8 Å². The number of hydrogen-bond acceptors (Lipinski definition) is 1. The highest BCUT2D eigenvalue weighted by molar-refractivity contribution is 6.01. The summed E-state index contributed by atoms with van der Waals surface area (Å²) in [5.74, 6) is 0.490. The van der Waals surface area contributed by atoms with Crippen LogP contribution in [0.15, 0.2) is 60.7 Å². The summed E-state index contributed by atoms with van der Waals surface area (Å²) < 4.78 is 0. The molecular formula is C25H28N2. The first-order chi connectivity index (χ1) is 13.2. The van der Waals surface area contributed by atoms with Crippen LogP contribution in [0.1, 0.15) is 43.7 Å². The number of aromatic amines is 1. The SMILES string of the molecule is CC(C)c1cccc2c(CCCCN)c(-c3cccc4ccccc34)[nH]c12. The second-order valence-electron chi connectivity index (χ2n) is 7.68. The van der Waals surface area contributed by atoms with Crippen molar-refractivity contribution in [1.29, 1.82) is 0 Å². The van der Waals surface area contributed by atoms with E-state index in [0.29, 0.717) is 5.92 Å². The second-order valence-corrected chi connectivity index (χ2v) is 7.68. The lowest BCUT2D eigenvalue weighted by molar-refractivity contribution is 0.748. The maximum atomic E-state index is 5.76. The van der Waals surface area contributed by atoms with Crippen LogP contribution < -0.4 is 5.73 Å². The normalized spacial score (nSPS) is 11.7. The van der Waals surface area contributed by atoms with E-state index < -0.39 is 0 Å². The molecule has 3 aromatic carbocycles. The first-order valence-corrected chi connectivity index (χ1v) is 10.0. The Morgan fingerprint density at radius 3 is 2.41 bits per heavy atom. The number of aryl methyl sites for hydroxylation is 1. The number of para-hydroxylation sites is 1. The average Bonchev–Trinajstić information content (AvgIpc) is 3.06. The van der Waals surface area contributed by atoms with Gasteiger partial charge in [0.15, 0.2) is 0 Å². The van der Waals surface area contributed by atoms with Crippen LogP contribution in [0.5, 0.6) is 0 Å². The highest BCUT2D eigenvalue weighted by Gasteiger charge is 2.17. The Balaban J connectivity index is 1.98. The standard InChI is InChI=1S/C25H28N2/c1-17(2)19-13-8-15-23-22(12-5-6-16-26)25(27-24(19)23)21-14-7-10-18-9-3-4-11-20(18)21/h3-4,7-11,13-15,17,27H,5-6,12,16,26H2,1-2H3. The molecule has 2 heteroatoms. The van der Waals surface area contributed by atoms with Crippen molar-refractivity contribution >= 4 is 21.7 Å². The first-order valence-electron chi connectivity index (χ1n) is 10.0. The maximum absolute atomic E-state index is 5.76. The molecule has 0 amide bonds. The van der Waals surface area contributed by atoms with E-state index in [4.69, 9.17) is 5.73 Å². The Morgan fingerprint density at radius 1 is 0.852 bits per heavy atom. The van der Waals surface area contributed by atoms with Gasteiger partial charge >= 0.3 is 0 Å². The lowest BCUT2D eigenvalue weighted by Crippen LogP contribution is -1.99. The molecule has 0 unspecified atom stereocenters. The van der Waals surface area contributed by atoms with Gasteiger partial charge in [0.05, 0.1) is 5.69 Å². The van der Waals surface area contributed by atoms with Gasteiger partial charge in [-0.2, -0.15) is 0 Å². The van der Waals surface area contributed by atoms with E-state index in [-0.39, 0.29) is 0 Å². The largest absolute Gasteiger partial charge is 0.354 e. The number of fused-ring (bicyclic) bond motifs is 2. The van der Waals surface area contributed by atoms with Crippen LogP contribution in [0.3, 0.4) is 0 Å². The van der Waals surface area contributed by atoms with Gasteiger partial charge in [0.2, 0.25) is 0 Å². The molecule has 0 saturated heterocycles. The number of benzene rings is 3. The summed E-state index contributed by atoms with van der Waals surface area (Å²) in [6.07, 6.45) is 3.23. The lowest BCUT2D eigenvalue weighted by Gasteiger charge is -2.09. The molecule has 0 aliphatic heterocycles. The molecule has 3 N–H and O–H groups in total. The summed E-state index contributed by atoms with van der Waals surface area (Å²) in [6.45, 7) is 5.28. The molecule has 4 aromatic rings. The molecule has 0 bridgehead atoms. The third kappa shape index (κ3) is 3.26. The van der Waals surface area contributed by atoms with Crippen molar-refractivity contribution in [2.45, 2.75) is 39.0 Å². The highest BCUT2D eigenvalue weighted by Crippen LogP contribution is 2.37. The van der Waals surface area contributed by atoms with Gasteiger partial charge in [0.1, 0.15) is 0 Å². The van der Waals surface area contributed by atoms with Gasteiger partial charge in [-0.05, 0) is 53.6 Å². The van der Waals surface area contributed by atoms with E-state index in [1.54, 1.807) is 0 Å². The Kier molecular flexibility index (Phi) is 5.00. The zero-order chi connectivity index (χ0) is 18.8. The number of rotatable bonds is 6. The molecule has 0 spiro atoms. The number of nitrogens with two attached hydrogens (primary N) is 1. The molecular weight excluding hydrogens is 328 g/mol. The molecule has 0 aliphatic carbocycles. The van der Waals surface area contributed by atoms with E-state index in [1.807, 2.05) is 0 Å². The molecule has 0 aliphatic rings. The van der Waals surface area contributed by atoms with Crippen LogP contribution in [-0.4, -0.2) is 11.5 Å². The maximum Gasteiger partial charge on any atom is 0.0503 e. The Hall–Kier alpha value is -2.58. The Bertz CT molecular complexity index is 1070. The highest BCUT2D eigenvalue weighted by atomic mass is 14.7. The molecule has 0 saturated carbocycles. The van der Waals surface area contributed by atoms with Crippen molar-refractivity contribution < 1.29 is 0 Å². The average molecular weight is 357 g/mol. The van der Waals surface area contributed by atoms with Gasteiger partial charge in [0.25, 0.3) is 0 Å². The summed E-state index contributed by atoms with van der Waals surface area (Å²) in [5, 5.41) is 3.95. The molecule has 1 aromatic heterocycles. The summed E-state index contributed by atoms with van der Waals surface area (Å²) in [5.41, 5.74) is 12.4. The second kappa shape index (κ2) is 7.58. The number of H-pyrrole nitrogens is 1. The fraction of sp³-hybridized carbons (Fsp3) is 0.280. The number of unbranched alkanes of at least 4 members (excludes halogenated alkanes) is 1. The minimum atomic E-state index is 0.490. The summed E-state index contributed by atoms with van der Waals surface area (Å²) in [4.78, 5) is 3.82. The summed E-state index contributed by atoms with van der Waals surface area (Å²) in [7, 11) is 0. The van der Waals surface area contributed by atoms with Gasteiger partial charge in [-0.1, -0.05) is 74.5 Å². The topological polar surface area (TPSA) is 41.8 Å². The molecule has 0 atom stereocenters. The van der Waals surface area contributed by atoms with Gasteiger partial charge in [-0.15, -0.1) is 0 Å². The van der Waals surface area contributed by atoms with Crippen LogP contribution in [0.25, 0.3) is 32.9 Å². The minimum Gasteiger partial charge on any atom is -0.354 e. The van der Waals surface area contributed by atoms with E-state index in [1.165, 1.54) is 44.1 Å². The lowest BCUT2D eigenvalue weighted by atomic mass is 9.95. The van der Waals surface area contributed by atoms with Crippen molar-refractivity contribution in [3.63, 3.8) is 0 Å². The van der Waals surface area contributed by atoms with Crippen LogP contribution in [-0.2, 0) is 6.42 Å². The van der Waals surface area contributed by atoms with Crippen LogP contribution in [0.4, 0.5) is 0 Å². The smallest absolute Gasteiger partial charge is 0.0503 e. The summed E-state index contributed by atoms with van der Waals surface area (Å²) in [6, 6.07) is 22.0. The Labute approximate surface area is 161 Å². The molecule has 4 rings (SSSR count). The fourth-order valence-corrected chi connectivity index (χ4v) is 4.16. The van der Waals surface area contributed by atoms with E-state index >= 15 is 0 Å². The van der Waals surface area contributed by atoms with Gasteiger partial charge < -0.3 is 10.7 Å². The van der Waals surface area contributed by atoms with Gasteiger partial charge in [0, 0.05) is 16.5 Å². The molecule has 1 heterocycles. The Morgan fingerprint density at radius 2 is 1.59 bits per heavy atom. The molecule has 0 fully saturated rings. The van der Waals surface area contributed by atoms with Crippen molar-refractivity contribution in [2.24, 2.45) is 5.73 Å². The van der Waals surface area contributed by atoms with Gasteiger partial charge in [-0.3, -0.25) is 0 Å². The molecule has 0 radical (unpaired) electrons. The third-order valence-corrected chi connectivity index (χ3v) is 5.54. The minimum absolute atomic E-state index is 0.490. The van der Waals surface area contributed by atoms with Crippen molar-refractivity contribution in [1.82, 2.24) is 4.98 Å². The van der Waals surface area contributed by atoms with Crippen molar-refractivity contribution in [2.75, 3.05) is 6.54 Å². The summed E-state index contributed by atoms with van der Waals surface area (Å²) >= 11 is 0. The molecule has 27 heavy (non-hydrogen) atoms.